The maximum atomic E-state index is 11.9. The molecule has 0 bridgehead atoms. The predicted molar refractivity (Wildman–Crippen MR) is 89.1 cm³/mol. The number of phenolic OH excluding ortho intramolecular Hbond substituents is 4. The number of benzene rings is 2. The molecule has 126 valence electrons. The molecule has 8 heteroatoms. The maximum Gasteiger partial charge on any atom is 0.275 e. The average Bonchev–Trinajstić information content (AvgIpc) is 2.51. The number of halogens is 1. The number of hydrogen-bond donors (Lipinski definition) is 5. The lowest BCUT2D eigenvalue weighted by Gasteiger charge is -2.09. The van der Waals surface area contributed by atoms with Crippen molar-refractivity contribution in [3.05, 3.63) is 45.5 Å². The van der Waals surface area contributed by atoms with E-state index in [9.17, 15) is 25.2 Å². The van der Waals surface area contributed by atoms with Gasteiger partial charge in [-0.05, 0) is 31.0 Å². The van der Waals surface area contributed by atoms with Gasteiger partial charge in [-0.3, -0.25) is 4.79 Å². The Balaban J connectivity index is 2.23. The second kappa shape index (κ2) is 6.67. The number of aryl methyl sites for hydroxylation is 1. The van der Waals surface area contributed by atoms with Crippen molar-refractivity contribution >= 4 is 23.7 Å². The monoisotopic (exact) mass is 350 g/mol. The molecule has 0 aliphatic carbocycles. The highest BCUT2D eigenvalue weighted by Crippen LogP contribution is 2.32. The number of nitrogens with one attached hydrogen (secondary N) is 1. The van der Waals surface area contributed by atoms with Crippen molar-refractivity contribution < 1.29 is 25.2 Å². The van der Waals surface area contributed by atoms with E-state index in [2.05, 4.69) is 10.5 Å². The molecule has 0 heterocycles. The number of rotatable bonds is 3. The molecular formula is C16H15ClN2O5. The second-order valence-electron chi connectivity index (χ2n) is 5.12. The van der Waals surface area contributed by atoms with Crippen LogP contribution in [-0.2, 0) is 0 Å². The Hall–Kier alpha value is -2.93. The minimum absolute atomic E-state index is 0.0440. The molecule has 0 aliphatic rings. The number of carbonyl (C=O) groups is 1. The molecule has 0 spiro atoms. The Morgan fingerprint density at radius 2 is 1.67 bits per heavy atom. The smallest absolute Gasteiger partial charge is 0.275 e. The first-order chi connectivity index (χ1) is 11.2. The normalized spacial score (nSPS) is 11.0. The fourth-order valence-corrected chi connectivity index (χ4v) is 2.23. The van der Waals surface area contributed by atoms with Crippen LogP contribution in [0.1, 0.15) is 27.0 Å². The number of hydrogen-bond acceptors (Lipinski definition) is 6. The zero-order valence-corrected chi connectivity index (χ0v) is 13.6. The van der Waals surface area contributed by atoms with Crippen LogP contribution in [0.3, 0.4) is 0 Å². The summed E-state index contributed by atoms with van der Waals surface area (Å²) >= 11 is 6.10. The lowest BCUT2D eigenvalue weighted by atomic mass is 10.1. The molecule has 0 fully saturated rings. The molecule has 2 aromatic carbocycles. The molecule has 24 heavy (non-hydrogen) atoms. The van der Waals surface area contributed by atoms with E-state index in [-0.39, 0.29) is 11.3 Å². The van der Waals surface area contributed by atoms with E-state index in [1.807, 2.05) is 0 Å². The number of nitrogens with zero attached hydrogens (tertiary/aromatic N) is 1. The van der Waals surface area contributed by atoms with Crippen LogP contribution in [-0.4, -0.2) is 32.5 Å². The quantitative estimate of drug-likeness (QED) is 0.252. The molecule has 7 nitrogen and oxygen atoms in total. The van der Waals surface area contributed by atoms with Crippen LogP contribution in [0.25, 0.3) is 0 Å². The Kier molecular flexibility index (Phi) is 4.85. The first kappa shape index (κ1) is 17.4. The van der Waals surface area contributed by atoms with E-state index < -0.39 is 23.2 Å². The molecule has 0 unspecified atom stereocenters. The molecule has 0 saturated heterocycles. The minimum Gasteiger partial charge on any atom is -0.507 e. The molecule has 0 aliphatic heterocycles. The van der Waals surface area contributed by atoms with Crippen molar-refractivity contribution in [1.29, 1.82) is 0 Å². The lowest BCUT2D eigenvalue weighted by molar-refractivity contribution is 0.0952. The third kappa shape index (κ3) is 3.36. The van der Waals surface area contributed by atoms with Gasteiger partial charge in [0.15, 0.2) is 11.5 Å². The Morgan fingerprint density at radius 3 is 2.33 bits per heavy atom. The average molecular weight is 351 g/mol. The molecule has 1 amide bonds. The number of carbonyl (C=O) groups excluding carboxylic acids is 1. The van der Waals surface area contributed by atoms with E-state index in [1.54, 1.807) is 13.8 Å². The van der Waals surface area contributed by atoms with Gasteiger partial charge in [-0.15, -0.1) is 0 Å². The number of amides is 1. The highest BCUT2D eigenvalue weighted by Gasteiger charge is 2.15. The van der Waals surface area contributed by atoms with Crippen LogP contribution < -0.4 is 5.43 Å². The Morgan fingerprint density at radius 1 is 1.04 bits per heavy atom. The summed E-state index contributed by atoms with van der Waals surface area (Å²) in [7, 11) is 0. The van der Waals surface area contributed by atoms with Gasteiger partial charge >= 0.3 is 0 Å². The summed E-state index contributed by atoms with van der Waals surface area (Å²) in [6, 6.07) is 3.22. The Bertz CT molecular complexity index is 849. The van der Waals surface area contributed by atoms with Crippen molar-refractivity contribution in [2.45, 2.75) is 13.8 Å². The zero-order chi connectivity index (χ0) is 18.0. The third-order valence-electron chi connectivity index (χ3n) is 3.41. The molecule has 0 atom stereocenters. The predicted octanol–water partition coefficient (Wildman–Crippen LogP) is 2.54. The van der Waals surface area contributed by atoms with Gasteiger partial charge in [-0.25, -0.2) is 5.43 Å². The van der Waals surface area contributed by atoms with Gasteiger partial charge in [0.2, 0.25) is 0 Å². The lowest BCUT2D eigenvalue weighted by Crippen LogP contribution is -2.17. The van der Waals surface area contributed by atoms with Gasteiger partial charge < -0.3 is 20.4 Å². The van der Waals surface area contributed by atoms with Crippen molar-refractivity contribution in [2.24, 2.45) is 5.10 Å². The van der Waals surface area contributed by atoms with Gasteiger partial charge in [-0.2, -0.15) is 5.10 Å². The van der Waals surface area contributed by atoms with Crippen LogP contribution in [0.4, 0.5) is 0 Å². The summed E-state index contributed by atoms with van der Waals surface area (Å²) in [5.41, 5.74) is 3.51. The van der Waals surface area contributed by atoms with E-state index >= 15 is 0 Å². The summed E-state index contributed by atoms with van der Waals surface area (Å²) in [5.74, 6) is -2.48. The largest absolute Gasteiger partial charge is 0.507 e. The van der Waals surface area contributed by atoms with Crippen LogP contribution in [0.5, 0.6) is 23.0 Å². The third-order valence-corrected chi connectivity index (χ3v) is 3.99. The molecule has 0 aromatic heterocycles. The van der Waals surface area contributed by atoms with E-state index in [0.717, 1.165) is 12.1 Å². The topological polar surface area (TPSA) is 122 Å². The standard InChI is InChI=1S/C16H15ClN2O5/c1-7-3-11(20)10(8(2)15(7)17)6-18-19-16(24)9-4-13(22)14(23)5-12(9)21/h3-6,20-23H,1-2H3,(H,19,24). The number of phenols is 4. The summed E-state index contributed by atoms with van der Waals surface area (Å²) < 4.78 is 0. The SMILES string of the molecule is Cc1cc(O)c(C=NNC(=O)c2cc(O)c(O)cc2O)c(C)c1Cl. The van der Waals surface area contributed by atoms with Crippen molar-refractivity contribution in [1.82, 2.24) is 5.43 Å². The van der Waals surface area contributed by atoms with Crippen LogP contribution in [0.2, 0.25) is 5.02 Å². The van der Waals surface area contributed by atoms with Crippen LogP contribution >= 0.6 is 11.6 Å². The van der Waals surface area contributed by atoms with Crippen molar-refractivity contribution in [3.8, 4) is 23.0 Å². The first-order valence-corrected chi connectivity index (χ1v) is 7.17. The maximum absolute atomic E-state index is 11.9. The highest BCUT2D eigenvalue weighted by molar-refractivity contribution is 6.32. The van der Waals surface area contributed by atoms with E-state index in [0.29, 0.717) is 21.7 Å². The minimum atomic E-state index is -0.811. The fourth-order valence-electron chi connectivity index (χ4n) is 2.08. The van der Waals surface area contributed by atoms with Crippen LogP contribution in [0.15, 0.2) is 23.3 Å². The fraction of sp³-hybridized carbons (Fsp3) is 0.125. The van der Waals surface area contributed by atoms with Gasteiger partial charge in [0.05, 0.1) is 11.8 Å². The summed E-state index contributed by atoms with van der Waals surface area (Å²) in [4.78, 5) is 11.9. The number of hydrazone groups is 1. The van der Waals surface area contributed by atoms with Gasteiger partial charge in [0, 0.05) is 22.7 Å². The highest BCUT2D eigenvalue weighted by atomic mass is 35.5. The molecule has 0 radical (unpaired) electrons. The van der Waals surface area contributed by atoms with Crippen molar-refractivity contribution in [3.63, 3.8) is 0 Å². The number of aromatic hydroxyl groups is 4. The van der Waals surface area contributed by atoms with Crippen LogP contribution in [0, 0.1) is 13.8 Å². The van der Waals surface area contributed by atoms with Gasteiger partial charge in [0.1, 0.15) is 11.5 Å². The Labute approximate surface area is 142 Å². The zero-order valence-electron chi connectivity index (χ0n) is 12.8. The summed E-state index contributed by atoms with van der Waals surface area (Å²) in [6.07, 6.45) is 1.21. The van der Waals surface area contributed by atoms with E-state index in [1.165, 1.54) is 12.3 Å². The van der Waals surface area contributed by atoms with E-state index in [4.69, 9.17) is 11.6 Å². The van der Waals surface area contributed by atoms with Gasteiger partial charge in [0.25, 0.3) is 5.91 Å². The second-order valence-corrected chi connectivity index (χ2v) is 5.50. The van der Waals surface area contributed by atoms with Gasteiger partial charge in [-0.1, -0.05) is 11.6 Å². The molecule has 2 aromatic rings. The molecule has 5 N–H and O–H groups in total. The summed E-state index contributed by atoms with van der Waals surface area (Å²) in [6.45, 7) is 3.44. The molecule has 0 saturated carbocycles. The molecule has 2 rings (SSSR count). The molecular weight excluding hydrogens is 336 g/mol. The van der Waals surface area contributed by atoms with Crippen molar-refractivity contribution in [2.75, 3.05) is 0 Å². The first-order valence-electron chi connectivity index (χ1n) is 6.79. The summed E-state index contributed by atoms with van der Waals surface area (Å²) in [5, 5.41) is 42.3.